The third-order valence-corrected chi connectivity index (χ3v) is 3.00. The van der Waals surface area contributed by atoms with E-state index in [1.54, 1.807) is 0 Å². The molecule has 2 rings (SSSR count). The van der Waals surface area contributed by atoms with Crippen LogP contribution < -0.4 is 5.73 Å². The van der Waals surface area contributed by atoms with Crippen molar-refractivity contribution in [2.45, 2.75) is 26.7 Å². The van der Waals surface area contributed by atoms with Crippen molar-refractivity contribution in [3.63, 3.8) is 0 Å². The molecule has 0 radical (unpaired) electrons. The van der Waals surface area contributed by atoms with Gasteiger partial charge in [-0.05, 0) is 30.2 Å². The number of aromatic nitrogens is 2. The Hall–Kier alpha value is -1.84. The molecule has 2 aromatic rings. The largest absolute Gasteiger partial charge is 0.399 e. The van der Waals surface area contributed by atoms with Crippen LogP contribution in [-0.2, 0) is 0 Å². The van der Waals surface area contributed by atoms with E-state index >= 15 is 0 Å². The van der Waals surface area contributed by atoms with E-state index < -0.39 is 0 Å². The van der Waals surface area contributed by atoms with Crippen LogP contribution in [0.4, 0.5) is 5.69 Å². The highest BCUT2D eigenvalue weighted by molar-refractivity contribution is 5.58. The van der Waals surface area contributed by atoms with E-state index in [4.69, 9.17) is 10.3 Å². The Bertz CT molecular complexity index is 488. The molecule has 1 heterocycles. The maximum atomic E-state index is 5.63. The zero-order valence-corrected chi connectivity index (χ0v) is 10.3. The molecule has 1 aromatic heterocycles. The second-order valence-electron chi connectivity index (χ2n) is 4.61. The highest BCUT2D eigenvalue weighted by Gasteiger charge is 2.17. The summed E-state index contributed by atoms with van der Waals surface area (Å²) in [6, 6.07) is 7.45. The Morgan fingerprint density at radius 1 is 1.12 bits per heavy atom. The number of nitrogen functional groups attached to an aromatic ring is 1. The van der Waals surface area contributed by atoms with Crippen LogP contribution in [0, 0.1) is 5.92 Å². The fourth-order valence-corrected chi connectivity index (χ4v) is 1.45. The van der Waals surface area contributed by atoms with Gasteiger partial charge in [-0.2, -0.15) is 4.98 Å². The van der Waals surface area contributed by atoms with Crippen LogP contribution in [0.5, 0.6) is 0 Å². The first kappa shape index (κ1) is 11.6. The lowest BCUT2D eigenvalue weighted by molar-refractivity contribution is 0.332. The minimum absolute atomic E-state index is 0.269. The Balaban J connectivity index is 2.26. The van der Waals surface area contributed by atoms with E-state index in [9.17, 15) is 0 Å². The molecule has 2 N–H and O–H groups in total. The highest BCUT2D eigenvalue weighted by atomic mass is 16.5. The van der Waals surface area contributed by atoms with E-state index in [0.717, 1.165) is 11.3 Å². The second-order valence-corrected chi connectivity index (χ2v) is 4.61. The van der Waals surface area contributed by atoms with Crippen LogP contribution in [0.15, 0.2) is 28.8 Å². The van der Waals surface area contributed by atoms with Gasteiger partial charge >= 0.3 is 0 Å². The van der Waals surface area contributed by atoms with Gasteiger partial charge in [0.1, 0.15) is 0 Å². The Morgan fingerprint density at radius 2 is 1.76 bits per heavy atom. The van der Waals surface area contributed by atoms with E-state index in [1.807, 2.05) is 24.3 Å². The van der Waals surface area contributed by atoms with Gasteiger partial charge in [-0.1, -0.05) is 25.9 Å². The minimum Gasteiger partial charge on any atom is -0.399 e. The molecule has 4 heteroatoms. The van der Waals surface area contributed by atoms with Crippen molar-refractivity contribution in [2.24, 2.45) is 5.92 Å². The minimum atomic E-state index is 0.269. The van der Waals surface area contributed by atoms with Crippen LogP contribution in [0.3, 0.4) is 0 Å². The average molecular weight is 231 g/mol. The summed E-state index contributed by atoms with van der Waals surface area (Å²) in [4.78, 5) is 4.41. The molecule has 17 heavy (non-hydrogen) atoms. The molecule has 1 aromatic carbocycles. The molecule has 0 aliphatic carbocycles. The lowest BCUT2D eigenvalue weighted by Crippen LogP contribution is -2.02. The lowest BCUT2D eigenvalue weighted by atomic mass is 9.98. The number of nitrogens with zero attached hydrogens (tertiary/aromatic N) is 2. The normalized spacial score (nSPS) is 12.9. The van der Waals surface area contributed by atoms with Crippen LogP contribution >= 0.6 is 0 Å². The fraction of sp³-hybridized carbons (Fsp3) is 0.385. The summed E-state index contributed by atoms with van der Waals surface area (Å²) in [5.74, 6) is 2.05. The van der Waals surface area contributed by atoms with Crippen molar-refractivity contribution in [1.82, 2.24) is 10.1 Å². The lowest BCUT2D eigenvalue weighted by Gasteiger charge is -2.08. The molecule has 0 aliphatic rings. The molecule has 0 saturated carbocycles. The molecular formula is C13H17N3O. The molecule has 1 atom stereocenters. The predicted octanol–water partition coefficient (Wildman–Crippen LogP) is 3.08. The molecule has 0 bridgehead atoms. The zero-order chi connectivity index (χ0) is 12.4. The molecular weight excluding hydrogens is 214 g/mol. The number of benzene rings is 1. The Kier molecular flexibility index (Phi) is 3.13. The topological polar surface area (TPSA) is 64.9 Å². The van der Waals surface area contributed by atoms with Gasteiger partial charge in [-0.25, -0.2) is 0 Å². The SMILES string of the molecule is CC(C)C(C)c1nc(-c2ccc(N)cc2)no1. The summed E-state index contributed by atoms with van der Waals surface area (Å²) in [5.41, 5.74) is 7.28. The first-order valence-corrected chi connectivity index (χ1v) is 5.77. The van der Waals surface area contributed by atoms with E-state index in [0.29, 0.717) is 17.6 Å². The highest BCUT2D eigenvalue weighted by Crippen LogP contribution is 2.24. The molecule has 0 saturated heterocycles. The molecule has 0 amide bonds. The van der Waals surface area contributed by atoms with Crippen LogP contribution in [0.2, 0.25) is 0 Å². The van der Waals surface area contributed by atoms with E-state index in [-0.39, 0.29) is 5.92 Å². The maximum absolute atomic E-state index is 5.63. The van der Waals surface area contributed by atoms with Gasteiger partial charge in [0.2, 0.25) is 11.7 Å². The molecule has 0 spiro atoms. The van der Waals surface area contributed by atoms with Gasteiger partial charge < -0.3 is 10.3 Å². The quantitative estimate of drug-likeness (QED) is 0.824. The predicted molar refractivity (Wildman–Crippen MR) is 67.4 cm³/mol. The Labute approximate surface area is 101 Å². The third-order valence-electron chi connectivity index (χ3n) is 3.00. The zero-order valence-electron chi connectivity index (χ0n) is 10.3. The van der Waals surface area contributed by atoms with Gasteiger partial charge in [0, 0.05) is 17.2 Å². The van der Waals surface area contributed by atoms with Crippen LogP contribution in [-0.4, -0.2) is 10.1 Å². The van der Waals surface area contributed by atoms with Gasteiger partial charge in [-0.15, -0.1) is 0 Å². The van der Waals surface area contributed by atoms with Gasteiger partial charge in [0.05, 0.1) is 0 Å². The summed E-state index contributed by atoms with van der Waals surface area (Å²) in [7, 11) is 0. The number of nitrogens with two attached hydrogens (primary N) is 1. The van der Waals surface area contributed by atoms with Crippen LogP contribution in [0.25, 0.3) is 11.4 Å². The number of anilines is 1. The molecule has 90 valence electrons. The average Bonchev–Trinajstić information content (AvgIpc) is 2.78. The summed E-state index contributed by atoms with van der Waals surface area (Å²) in [6.07, 6.45) is 0. The fourth-order valence-electron chi connectivity index (χ4n) is 1.45. The maximum Gasteiger partial charge on any atom is 0.230 e. The molecule has 1 unspecified atom stereocenters. The van der Waals surface area contributed by atoms with Crippen molar-refractivity contribution < 1.29 is 4.52 Å². The van der Waals surface area contributed by atoms with Gasteiger partial charge in [-0.3, -0.25) is 0 Å². The van der Waals surface area contributed by atoms with E-state index in [1.165, 1.54) is 0 Å². The Morgan fingerprint density at radius 3 is 2.35 bits per heavy atom. The van der Waals surface area contributed by atoms with Crippen LogP contribution in [0.1, 0.15) is 32.6 Å². The second kappa shape index (κ2) is 4.57. The van der Waals surface area contributed by atoms with Crippen molar-refractivity contribution in [3.8, 4) is 11.4 Å². The summed E-state index contributed by atoms with van der Waals surface area (Å²) < 4.78 is 5.28. The monoisotopic (exact) mass is 231 g/mol. The van der Waals surface area contributed by atoms with E-state index in [2.05, 4.69) is 30.9 Å². The molecule has 0 aliphatic heterocycles. The molecule has 4 nitrogen and oxygen atoms in total. The van der Waals surface area contributed by atoms with Crippen molar-refractivity contribution in [1.29, 1.82) is 0 Å². The summed E-state index contributed by atoms with van der Waals surface area (Å²) in [6.45, 7) is 6.36. The van der Waals surface area contributed by atoms with Gasteiger partial charge in [0.15, 0.2) is 0 Å². The number of hydrogen-bond donors (Lipinski definition) is 1. The van der Waals surface area contributed by atoms with Gasteiger partial charge in [0.25, 0.3) is 0 Å². The smallest absolute Gasteiger partial charge is 0.230 e. The number of hydrogen-bond acceptors (Lipinski definition) is 4. The van der Waals surface area contributed by atoms with Crippen molar-refractivity contribution >= 4 is 5.69 Å². The first-order chi connectivity index (χ1) is 8.08. The van der Waals surface area contributed by atoms with Crippen molar-refractivity contribution in [3.05, 3.63) is 30.2 Å². The third kappa shape index (κ3) is 2.46. The first-order valence-electron chi connectivity index (χ1n) is 5.77. The molecule has 0 fully saturated rings. The summed E-state index contributed by atoms with van der Waals surface area (Å²) in [5, 5.41) is 3.99. The summed E-state index contributed by atoms with van der Waals surface area (Å²) >= 11 is 0. The van der Waals surface area contributed by atoms with Crippen molar-refractivity contribution in [2.75, 3.05) is 5.73 Å². The standard InChI is InChI=1S/C13H17N3O/c1-8(2)9(3)13-15-12(16-17-13)10-4-6-11(14)7-5-10/h4-9H,14H2,1-3H3. The number of rotatable bonds is 3.